The van der Waals surface area contributed by atoms with Gasteiger partial charge in [-0.15, -0.1) is 9.24 Å². The number of H-pyrrole nitrogens is 1. The van der Waals surface area contributed by atoms with Crippen LogP contribution in [0.5, 0.6) is 0 Å². The molecule has 0 bridgehead atoms. The fourth-order valence-electron chi connectivity index (χ4n) is 2.34. The summed E-state index contributed by atoms with van der Waals surface area (Å²) in [6, 6.07) is 8.11. The lowest BCUT2D eigenvalue weighted by Crippen LogP contribution is -2.31. The molecule has 3 unspecified atom stereocenters. The van der Waals surface area contributed by atoms with Crippen molar-refractivity contribution in [2.24, 2.45) is 0 Å². The first-order valence-electron chi connectivity index (χ1n) is 7.82. The van der Waals surface area contributed by atoms with Crippen molar-refractivity contribution in [2.45, 2.75) is 5.78 Å². The first kappa shape index (κ1) is 19.2. The molecule has 3 aromatic rings. The number of aromatic nitrogens is 4. The van der Waals surface area contributed by atoms with Crippen molar-refractivity contribution in [3.05, 3.63) is 70.4 Å². The fraction of sp³-hybridized carbons (Fsp3) is 0.125. The Morgan fingerprint density at radius 3 is 2.81 bits per heavy atom. The van der Waals surface area contributed by atoms with Crippen LogP contribution in [0, 0.1) is 0 Å². The van der Waals surface area contributed by atoms with Gasteiger partial charge in [-0.3, -0.25) is 19.1 Å². The second-order valence-corrected chi connectivity index (χ2v) is 8.77. The van der Waals surface area contributed by atoms with Gasteiger partial charge in [0.05, 0.1) is 5.78 Å². The third-order valence-corrected chi connectivity index (χ3v) is 5.53. The lowest BCUT2D eigenvalue weighted by atomic mass is 10.2. The van der Waals surface area contributed by atoms with E-state index in [9.17, 15) is 19.0 Å². The fourth-order valence-corrected chi connectivity index (χ4v) is 3.45. The predicted molar refractivity (Wildman–Crippen MR) is 104 cm³/mol. The average Bonchev–Trinajstić information content (AvgIpc) is 3.15. The van der Waals surface area contributed by atoms with Gasteiger partial charge in [-0.25, -0.2) is 9.67 Å². The molecule has 1 amide bonds. The number of aromatic amines is 1. The van der Waals surface area contributed by atoms with Crippen molar-refractivity contribution >= 4 is 27.8 Å². The van der Waals surface area contributed by atoms with Gasteiger partial charge in [0, 0.05) is 30.6 Å². The van der Waals surface area contributed by atoms with Gasteiger partial charge in [0.2, 0.25) is 13.3 Å². The molecule has 0 aliphatic heterocycles. The van der Waals surface area contributed by atoms with Crippen LogP contribution in [0.2, 0.25) is 0 Å². The van der Waals surface area contributed by atoms with E-state index in [-0.39, 0.29) is 16.8 Å². The number of carbonyl (C=O) groups is 1. The Bertz CT molecular complexity index is 1070. The summed E-state index contributed by atoms with van der Waals surface area (Å²) in [6.45, 7) is 1.24. The third kappa shape index (κ3) is 4.39. The van der Waals surface area contributed by atoms with Gasteiger partial charge in [0.1, 0.15) is 5.56 Å². The summed E-state index contributed by atoms with van der Waals surface area (Å²) in [5, 5.41) is 6.89. The predicted octanol–water partition coefficient (Wildman–Crippen LogP) is 0.785. The average molecular weight is 405 g/mol. The highest BCUT2D eigenvalue weighted by atomic mass is 31.2. The Morgan fingerprint density at radius 2 is 2.19 bits per heavy atom. The van der Waals surface area contributed by atoms with Gasteiger partial charge < -0.3 is 10.2 Å². The summed E-state index contributed by atoms with van der Waals surface area (Å²) in [5.74, 6) is -0.989. The van der Waals surface area contributed by atoms with Crippen LogP contribution in [0.4, 0.5) is 0 Å². The molecule has 27 heavy (non-hydrogen) atoms. The van der Waals surface area contributed by atoms with E-state index in [0.29, 0.717) is 5.56 Å². The van der Waals surface area contributed by atoms with Gasteiger partial charge in [-0.1, -0.05) is 12.1 Å². The Hall–Kier alpha value is -2.60. The highest BCUT2D eigenvalue weighted by Gasteiger charge is 2.19. The van der Waals surface area contributed by atoms with Crippen LogP contribution in [-0.4, -0.2) is 37.2 Å². The number of amides is 1. The lowest BCUT2D eigenvalue weighted by molar-refractivity contribution is 0.0947. The number of hydrogen-bond donors (Lipinski definition) is 3. The van der Waals surface area contributed by atoms with Gasteiger partial charge in [-0.05, 0) is 23.8 Å². The second kappa shape index (κ2) is 7.56. The van der Waals surface area contributed by atoms with Crippen molar-refractivity contribution in [1.29, 1.82) is 0 Å². The normalized spacial score (nSPS) is 14.3. The maximum absolute atomic E-state index is 12.4. The Balaban J connectivity index is 1.79. The summed E-state index contributed by atoms with van der Waals surface area (Å²) in [4.78, 5) is 40.9. The Kier molecular flexibility index (Phi) is 5.37. The van der Waals surface area contributed by atoms with Gasteiger partial charge in [-0.2, -0.15) is 5.10 Å². The van der Waals surface area contributed by atoms with Crippen LogP contribution in [0.1, 0.15) is 21.7 Å². The quantitative estimate of drug-likeness (QED) is 0.538. The molecule has 3 atom stereocenters. The molecule has 0 saturated heterocycles. The second-order valence-electron chi connectivity index (χ2n) is 5.83. The Labute approximate surface area is 156 Å². The molecule has 0 saturated carbocycles. The molecule has 9 nitrogen and oxygen atoms in total. The minimum absolute atomic E-state index is 0.155. The van der Waals surface area contributed by atoms with Crippen molar-refractivity contribution < 1.29 is 14.3 Å². The van der Waals surface area contributed by atoms with Crippen LogP contribution in [0.15, 0.2) is 53.7 Å². The van der Waals surface area contributed by atoms with Crippen LogP contribution >= 0.6 is 16.6 Å². The summed E-state index contributed by atoms with van der Waals surface area (Å²) >= 11 is 0. The molecule has 0 fully saturated rings. The van der Waals surface area contributed by atoms with Crippen LogP contribution in [0.25, 0.3) is 5.95 Å². The molecule has 0 aliphatic rings. The van der Waals surface area contributed by atoms with E-state index in [1.165, 1.54) is 23.7 Å². The number of nitrogens with one attached hydrogen (secondary N) is 2. The Morgan fingerprint density at radius 1 is 1.41 bits per heavy atom. The first-order valence-corrected chi connectivity index (χ1v) is 10.6. The number of nitrogens with zero attached hydrogens (tertiary/aromatic N) is 3. The summed E-state index contributed by atoms with van der Waals surface area (Å²) in [7, 11) is -0.987. The zero-order chi connectivity index (χ0) is 19.6. The minimum atomic E-state index is -3.41. The number of benzene rings is 1. The highest BCUT2D eigenvalue weighted by molar-refractivity contribution is 7.65. The van der Waals surface area contributed by atoms with E-state index < -0.39 is 24.6 Å². The maximum Gasteiger partial charge on any atom is 0.265 e. The van der Waals surface area contributed by atoms with E-state index in [4.69, 9.17) is 0 Å². The van der Waals surface area contributed by atoms with E-state index in [1.54, 1.807) is 36.5 Å². The molecule has 0 spiro atoms. The molecule has 140 valence electrons. The lowest BCUT2D eigenvalue weighted by Gasteiger charge is -2.16. The van der Waals surface area contributed by atoms with E-state index in [0.717, 1.165) is 0 Å². The van der Waals surface area contributed by atoms with Crippen molar-refractivity contribution in [3.63, 3.8) is 0 Å². The van der Waals surface area contributed by atoms with Gasteiger partial charge in [0.15, 0.2) is 0 Å². The van der Waals surface area contributed by atoms with E-state index in [1.807, 2.05) is 0 Å². The third-order valence-electron chi connectivity index (χ3n) is 3.75. The number of rotatable bonds is 5. The zero-order valence-electron chi connectivity index (χ0n) is 14.2. The molecule has 1 aromatic carbocycles. The topological polar surface area (TPSA) is 130 Å². The molecule has 3 N–H and O–H groups in total. The molecule has 11 heteroatoms. The van der Waals surface area contributed by atoms with Crippen molar-refractivity contribution in [3.8, 4) is 5.95 Å². The summed E-state index contributed by atoms with van der Waals surface area (Å²) < 4.78 is 13.2. The van der Waals surface area contributed by atoms with E-state index in [2.05, 4.69) is 29.6 Å². The molecular formula is C16H17N5O4P2. The number of hydrogen-bond acceptors (Lipinski definition) is 5. The maximum atomic E-state index is 12.4. The molecule has 0 radical (unpaired) electrons. The molecular weight excluding hydrogens is 388 g/mol. The first-order chi connectivity index (χ1) is 12.8. The van der Waals surface area contributed by atoms with Gasteiger partial charge in [0.25, 0.3) is 11.5 Å². The molecule has 3 rings (SSSR count). The SMILES string of the molecule is CP(=O)(O)c1cccc(C(P)NC(=O)c2cnc(-n3cccn3)[nH]c2=O)c1. The number of carbonyl (C=O) groups excluding carboxylic acids is 1. The summed E-state index contributed by atoms with van der Waals surface area (Å²) in [5.41, 5.74) is -0.148. The van der Waals surface area contributed by atoms with Crippen molar-refractivity contribution in [2.75, 3.05) is 6.66 Å². The largest absolute Gasteiger partial charge is 0.342 e. The monoisotopic (exact) mass is 405 g/mol. The highest BCUT2D eigenvalue weighted by Crippen LogP contribution is 2.34. The molecule has 2 heterocycles. The summed E-state index contributed by atoms with van der Waals surface area (Å²) in [6.07, 6.45) is 4.32. The van der Waals surface area contributed by atoms with Crippen LogP contribution < -0.4 is 16.2 Å². The van der Waals surface area contributed by atoms with Gasteiger partial charge >= 0.3 is 0 Å². The molecule has 2 aromatic heterocycles. The smallest absolute Gasteiger partial charge is 0.265 e. The zero-order valence-corrected chi connectivity index (χ0v) is 16.3. The van der Waals surface area contributed by atoms with Crippen LogP contribution in [-0.2, 0) is 4.57 Å². The molecule has 0 aliphatic carbocycles. The van der Waals surface area contributed by atoms with Crippen LogP contribution in [0.3, 0.4) is 0 Å². The minimum Gasteiger partial charge on any atom is -0.342 e. The van der Waals surface area contributed by atoms with Crippen molar-refractivity contribution in [1.82, 2.24) is 25.1 Å². The standard InChI is InChI=1S/C16H17N5O4P2/c1-27(24,25)11-5-2-4-10(8-11)15(26)19-13(22)12-9-17-16(20-14(12)23)21-7-3-6-18-21/h2-9,15H,26H2,1H3,(H,19,22)(H,24,25)(H,17,20,23). The van der Waals surface area contributed by atoms with E-state index >= 15 is 0 Å².